The fraction of sp³-hybridized carbons (Fsp3) is 0.188. The smallest absolute Gasteiger partial charge is 0.262 e. The number of carbonyl (C=O) groups is 1. The van der Waals surface area contributed by atoms with E-state index in [0.29, 0.717) is 11.4 Å². The molecule has 0 saturated carbocycles. The number of sulfonamides is 1. The molecule has 0 fully saturated rings. The number of carbonyl (C=O) groups excluding carboxylic acids is 1. The van der Waals surface area contributed by atoms with Gasteiger partial charge in [0.05, 0.1) is 5.69 Å². The lowest BCUT2D eigenvalue weighted by atomic mass is 10.1. The number of hydrogen-bond acceptors (Lipinski definition) is 4. The zero-order valence-corrected chi connectivity index (χ0v) is 13.6. The predicted molar refractivity (Wildman–Crippen MR) is 88.7 cm³/mol. The second-order valence-electron chi connectivity index (χ2n) is 5.48. The molecular weight excluding hydrogens is 314 g/mol. The third-order valence-corrected chi connectivity index (χ3v) is 5.27. The summed E-state index contributed by atoms with van der Waals surface area (Å²) in [6.45, 7) is 3.93. The molecule has 2 aromatic carbocycles. The SMILES string of the molecule is Cc1ccc(NC(=O)[C@H]2Nc3ccccc3S(=O)(=O)N2)cc1C. The summed E-state index contributed by atoms with van der Waals surface area (Å²) in [5.74, 6) is -0.466. The first-order valence-electron chi connectivity index (χ1n) is 7.13. The van der Waals surface area contributed by atoms with Crippen molar-refractivity contribution in [2.45, 2.75) is 24.9 Å². The van der Waals surface area contributed by atoms with Crippen LogP contribution in [-0.2, 0) is 14.8 Å². The van der Waals surface area contributed by atoms with Gasteiger partial charge in [-0.25, -0.2) is 8.42 Å². The summed E-state index contributed by atoms with van der Waals surface area (Å²) < 4.78 is 26.8. The molecule has 0 saturated heterocycles. The normalized spacial score (nSPS) is 18.6. The molecule has 6 nitrogen and oxygen atoms in total. The van der Waals surface area contributed by atoms with Gasteiger partial charge < -0.3 is 10.6 Å². The summed E-state index contributed by atoms with van der Waals surface area (Å²) in [6.07, 6.45) is -1.06. The summed E-state index contributed by atoms with van der Waals surface area (Å²) in [4.78, 5) is 12.5. The zero-order chi connectivity index (χ0) is 16.6. The molecule has 0 unspecified atom stereocenters. The Morgan fingerprint density at radius 3 is 2.57 bits per heavy atom. The van der Waals surface area contributed by atoms with Crippen LogP contribution in [0, 0.1) is 13.8 Å². The standard InChI is InChI=1S/C16H17N3O3S/c1-10-7-8-12(9-11(10)2)17-16(20)15-18-13-5-3-4-6-14(13)23(21,22)19-15/h3-9,15,18-19H,1-2H3,(H,17,20)/t15-/m0/s1. The van der Waals surface area contributed by atoms with Gasteiger partial charge >= 0.3 is 0 Å². The molecule has 3 rings (SSSR count). The van der Waals surface area contributed by atoms with Crippen LogP contribution in [0.2, 0.25) is 0 Å². The van der Waals surface area contributed by atoms with Crippen molar-refractivity contribution in [1.29, 1.82) is 0 Å². The number of hydrogen-bond donors (Lipinski definition) is 3. The monoisotopic (exact) mass is 331 g/mol. The molecule has 1 aliphatic rings. The number of fused-ring (bicyclic) bond motifs is 1. The van der Waals surface area contributed by atoms with Gasteiger partial charge in [-0.1, -0.05) is 18.2 Å². The summed E-state index contributed by atoms with van der Waals surface area (Å²) >= 11 is 0. The molecule has 3 N–H and O–H groups in total. The highest BCUT2D eigenvalue weighted by Gasteiger charge is 2.32. The summed E-state index contributed by atoms with van der Waals surface area (Å²) in [6, 6.07) is 12.0. The minimum Gasteiger partial charge on any atom is -0.360 e. The van der Waals surface area contributed by atoms with Crippen LogP contribution in [-0.4, -0.2) is 20.5 Å². The topological polar surface area (TPSA) is 87.3 Å². The Balaban J connectivity index is 1.83. The third kappa shape index (κ3) is 3.06. The minimum atomic E-state index is -3.72. The molecule has 0 spiro atoms. The molecule has 0 aromatic heterocycles. The Morgan fingerprint density at radius 1 is 1.09 bits per heavy atom. The number of benzene rings is 2. The van der Waals surface area contributed by atoms with Crippen LogP contribution in [0.5, 0.6) is 0 Å². The van der Waals surface area contributed by atoms with Gasteiger partial charge in [0.15, 0.2) is 6.17 Å². The fourth-order valence-corrected chi connectivity index (χ4v) is 3.65. The van der Waals surface area contributed by atoms with E-state index in [1.165, 1.54) is 6.07 Å². The maximum atomic E-state index is 12.4. The van der Waals surface area contributed by atoms with E-state index in [4.69, 9.17) is 0 Å². The highest BCUT2D eigenvalue weighted by atomic mass is 32.2. The lowest BCUT2D eigenvalue weighted by Crippen LogP contribution is -2.51. The highest BCUT2D eigenvalue weighted by Crippen LogP contribution is 2.25. The van der Waals surface area contributed by atoms with E-state index in [1.807, 2.05) is 26.0 Å². The van der Waals surface area contributed by atoms with Gasteiger partial charge in [0.25, 0.3) is 5.91 Å². The number of nitrogens with one attached hydrogen (secondary N) is 3. The van der Waals surface area contributed by atoms with Crippen LogP contribution in [0.3, 0.4) is 0 Å². The van der Waals surface area contributed by atoms with Gasteiger partial charge in [0.2, 0.25) is 10.0 Å². The van der Waals surface area contributed by atoms with Crippen molar-refractivity contribution in [1.82, 2.24) is 4.72 Å². The predicted octanol–water partition coefficient (Wildman–Crippen LogP) is 1.97. The molecular formula is C16H17N3O3S. The number of anilines is 2. The first-order valence-corrected chi connectivity index (χ1v) is 8.61. The lowest BCUT2D eigenvalue weighted by molar-refractivity contribution is -0.117. The molecule has 23 heavy (non-hydrogen) atoms. The maximum Gasteiger partial charge on any atom is 0.262 e. The molecule has 1 aliphatic heterocycles. The largest absolute Gasteiger partial charge is 0.360 e. The van der Waals surface area contributed by atoms with Crippen molar-refractivity contribution in [2.24, 2.45) is 0 Å². The van der Waals surface area contributed by atoms with Crippen molar-refractivity contribution in [3.8, 4) is 0 Å². The Hall–Kier alpha value is -2.38. The van der Waals surface area contributed by atoms with Gasteiger partial charge in [0, 0.05) is 5.69 Å². The summed E-state index contributed by atoms with van der Waals surface area (Å²) in [5, 5.41) is 5.62. The molecule has 2 aromatic rings. The molecule has 0 aliphatic carbocycles. The summed E-state index contributed by atoms with van der Waals surface area (Å²) in [5.41, 5.74) is 3.20. The first-order chi connectivity index (χ1) is 10.9. The van der Waals surface area contributed by atoms with Gasteiger partial charge in [-0.3, -0.25) is 4.79 Å². The molecule has 0 bridgehead atoms. The Morgan fingerprint density at radius 2 is 1.83 bits per heavy atom. The number of para-hydroxylation sites is 1. The van der Waals surface area contributed by atoms with E-state index in [9.17, 15) is 13.2 Å². The van der Waals surface area contributed by atoms with E-state index < -0.39 is 22.1 Å². The van der Waals surface area contributed by atoms with Crippen molar-refractivity contribution >= 4 is 27.3 Å². The van der Waals surface area contributed by atoms with Crippen LogP contribution < -0.4 is 15.4 Å². The average Bonchev–Trinajstić information content (AvgIpc) is 2.50. The van der Waals surface area contributed by atoms with Crippen LogP contribution in [0.15, 0.2) is 47.4 Å². The molecule has 7 heteroatoms. The molecule has 1 amide bonds. The second-order valence-corrected chi connectivity index (χ2v) is 7.17. The quantitative estimate of drug-likeness (QED) is 0.785. The molecule has 1 atom stereocenters. The zero-order valence-electron chi connectivity index (χ0n) is 12.8. The summed E-state index contributed by atoms with van der Waals surface area (Å²) in [7, 11) is -3.72. The second kappa shape index (κ2) is 5.68. The Labute approximate surface area is 135 Å². The van der Waals surface area contributed by atoms with Crippen molar-refractivity contribution in [3.05, 3.63) is 53.6 Å². The number of amides is 1. The van der Waals surface area contributed by atoms with Gasteiger partial charge in [0.1, 0.15) is 4.90 Å². The fourth-order valence-electron chi connectivity index (χ4n) is 2.38. The first kappa shape index (κ1) is 15.5. The maximum absolute atomic E-state index is 12.4. The van der Waals surface area contributed by atoms with E-state index in [2.05, 4.69) is 15.4 Å². The van der Waals surface area contributed by atoms with Crippen molar-refractivity contribution in [2.75, 3.05) is 10.6 Å². The van der Waals surface area contributed by atoms with Crippen molar-refractivity contribution in [3.63, 3.8) is 0 Å². The molecule has 0 radical (unpaired) electrons. The van der Waals surface area contributed by atoms with E-state index in [0.717, 1.165) is 11.1 Å². The van der Waals surface area contributed by atoms with Crippen LogP contribution in [0.1, 0.15) is 11.1 Å². The van der Waals surface area contributed by atoms with Gasteiger partial charge in [-0.15, -0.1) is 0 Å². The van der Waals surface area contributed by atoms with Gasteiger partial charge in [-0.2, -0.15) is 4.72 Å². The number of rotatable bonds is 2. The van der Waals surface area contributed by atoms with Crippen LogP contribution >= 0.6 is 0 Å². The van der Waals surface area contributed by atoms with E-state index >= 15 is 0 Å². The highest BCUT2D eigenvalue weighted by molar-refractivity contribution is 7.89. The van der Waals surface area contributed by atoms with E-state index in [-0.39, 0.29) is 4.90 Å². The average molecular weight is 331 g/mol. The Bertz CT molecular complexity index is 878. The van der Waals surface area contributed by atoms with Gasteiger partial charge in [-0.05, 0) is 49.2 Å². The number of aryl methyl sites for hydroxylation is 2. The van der Waals surface area contributed by atoms with Crippen LogP contribution in [0.4, 0.5) is 11.4 Å². The molecule has 120 valence electrons. The lowest BCUT2D eigenvalue weighted by Gasteiger charge is -2.27. The minimum absolute atomic E-state index is 0.134. The Kier molecular flexibility index (Phi) is 3.83. The third-order valence-electron chi connectivity index (χ3n) is 3.79. The van der Waals surface area contributed by atoms with Crippen molar-refractivity contribution < 1.29 is 13.2 Å². The molecule has 1 heterocycles. The van der Waals surface area contributed by atoms with E-state index in [1.54, 1.807) is 24.3 Å². The van der Waals surface area contributed by atoms with Crippen LogP contribution in [0.25, 0.3) is 0 Å².